The molecule has 10 heteroatoms. The number of hydrogen-bond acceptors (Lipinski definition) is 6. The Labute approximate surface area is 220 Å². The van der Waals surface area contributed by atoms with Crippen LogP contribution in [0.25, 0.3) is 10.9 Å². The Balaban J connectivity index is 1.81. The molecule has 1 heterocycles. The van der Waals surface area contributed by atoms with Crippen LogP contribution >= 0.6 is 27.5 Å². The molecule has 184 valence electrons. The van der Waals surface area contributed by atoms with Crippen LogP contribution in [0.15, 0.2) is 75.0 Å². The zero-order chi connectivity index (χ0) is 26.0. The molecule has 0 radical (unpaired) electrons. The van der Waals surface area contributed by atoms with Crippen LogP contribution in [0.5, 0.6) is 5.75 Å². The molecule has 0 aliphatic carbocycles. The maximum atomic E-state index is 13.4. The summed E-state index contributed by atoms with van der Waals surface area (Å²) in [6.07, 6.45) is 1.38. The Morgan fingerprint density at radius 1 is 1.17 bits per heavy atom. The van der Waals surface area contributed by atoms with Crippen molar-refractivity contribution in [2.75, 3.05) is 0 Å². The lowest BCUT2D eigenvalue weighted by atomic mass is 9.95. The van der Waals surface area contributed by atoms with Gasteiger partial charge in [0.15, 0.2) is 0 Å². The minimum atomic E-state index is -0.517. The quantitative estimate of drug-likeness (QED) is 0.150. The van der Waals surface area contributed by atoms with E-state index in [1.54, 1.807) is 42.5 Å². The monoisotopic (exact) mass is 568 g/mol. The molecule has 0 aliphatic heterocycles. The van der Waals surface area contributed by atoms with E-state index in [-0.39, 0.29) is 23.6 Å². The summed E-state index contributed by atoms with van der Waals surface area (Å²) in [5.41, 5.74) is 0.625. The summed E-state index contributed by atoms with van der Waals surface area (Å²) < 4.78 is 7.85. The highest BCUT2D eigenvalue weighted by atomic mass is 79.9. The summed E-state index contributed by atoms with van der Waals surface area (Å²) in [5.74, 6) is 0.496. The van der Waals surface area contributed by atoms with Crippen molar-refractivity contribution in [3.8, 4) is 5.75 Å². The number of ether oxygens (including phenoxy) is 1. The number of fused-ring (bicyclic) bond motifs is 1. The number of aromatic nitrogens is 2. The Bertz CT molecular complexity index is 1540. The number of nitro benzene ring substituents is 1. The van der Waals surface area contributed by atoms with Crippen LogP contribution < -0.4 is 10.3 Å². The lowest BCUT2D eigenvalue weighted by Crippen LogP contribution is -2.29. The average molecular weight is 570 g/mol. The molecule has 0 atom stereocenters. The molecule has 0 unspecified atom stereocenters. The SMILES string of the molecule is CC(C)(C)c1nc2ccc(Br)cc2c(=O)n1N=Cc1cccc([N+](=O)[O-])c1OCc1ccc(Cl)cc1. The van der Waals surface area contributed by atoms with Crippen molar-refractivity contribution in [1.82, 2.24) is 9.66 Å². The standard InChI is InChI=1S/C26H22BrClN4O4/c1-26(2,3)25-30-21-12-9-18(27)13-20(21)24(33)31(25)29-14-17-5-4-6-22(32(34)35)23(17)36-15-16-7-10-19(28)11-8-16/h4-14H,15H2,1-3H3. The summed E-state index contributed by atoms with van der Waals surface area (Å²) in [4.78, 5) is 29.3. The fourth-order valence-corrected chi connectivity index (χ4v) is 4.03. The van der Waals surface area contributed by atoms with Crippen molar-refractivity contribution >= 4 is 50.3 Å². The van der Waals surface area contributed by atoms with E-state index in [0.29, 0.717) is 27.3 Å². The molecular weight excluding hydrogens is 548 g/mol. The van der Waals surface area contributed by atoms with Gasteiger partial charge in [0, 0.05) is 26.5 Å². The molecule has 0 saturated carbocycles. The van der Waals surface area contributed by atoms with E-state index in [0.717, 1.165) is 10.0 Å². The van der Waals surface area contributed by atoms with Crippen molar-refractivity contribution < 1.29 is 9.66 Å². The van der Waals surface area contributed by atoms with E-state index < -0.39 is 10.3 Å². The van der Waals surface area contributed by atoms with Crippen molar-refractivity contribution in [2.45, 2.75) is 32.8 Å². The molecular formula is C26H22BrClN4O4. The second-order valence-electron chi connectivity index (χ2n) is 9.08. The van der Waals surface area contributed by atoms with Gasteiger partial charge in [-0.15, -0.1) is 0 Å². The first-order valence-corrected chi connectivity index (χ1v) is 12.1. The molecule has 3 aromatic carbocycles. The van der Waals surface area contributed by atoms with Gasteiger partial charge in [0.25, 0.3) is 5.56 Å². The summed E-state index contributed by atoms with van der Waals surface area (Å²) in [6.45, 7) is 5.88. The molecule has 4 aromatic rings. The number of benzene rings is 3. The number of nitro groups is 1. The van der Waals surface area contributed by atoms with Crippen molar-refractivity contribution in [3.63, 3.8) is 0 Å². The molecule has 1 aromatic heterocycles. The lowest BCUT2D eigenvalue weighted by Gasteiger charge is -2.21. The Morgan fingerprint density at radius 3 is 2.56 bits per heavy atom. The maximum absolute atomic E-state index is 13.4. The molecule has 0 spiro atoms. The predicted molar refractivity (Wildman–Crippen MR) is 144 cm³/mol. The van der Waals surface area contributed by atoms with Gasteiger partial charge >= 0.3 is 5.69 Å². The number of rotatable bonds is 6. The normalized spacial score (nSPS) is 11.8. The average Bonchev–Trinajstić information content (AvgIpc) is 2.82. The van der Waals surface area contributed by atoms with Gasteiger partial charge in [-0.3, -0.25) is 14.9 Å². The summed E-state index contributed by atoms with van der Waals surface area (Å²) in [7, 11) is 0. The molecule has 4 rings (SSSR count). The molecule has 36 heavy (non-hydrogen) atoms. The van der Waals surface area contributed by atoms with Crippen LogP contribution in [0.2, 0.25) is 5.02 Å². The summed E-state index contributed by atoms with van der Waals surface area (Å²) >= 11 is 9.33. The smallest absolute Gasteiger partial charge is 0.311 e. The highest BCUT2D eigenvalue weighted by molar-refractivity contribution is 9.10. The summed E-state index contributed by atoms with van der Waals surface area (Å²) in [5, 5.41) is 17.1. The van der Waals surface area contributed by atoms with Crippen molar-refractivity contribution in [1.29, 1.82) is 0 Å². The highest BCUT2D eigenvalue weighted by Gasteiger charge is 2.23. The van der Waals surface area contributed by atoms with Gasteiger partial charge in [0.2, 0.25) is 5.75 Å². The summed E-state index contributed by atoms with van der Waals surface area (Å²) in [6, 6.07) is 16.8. The number of nitrogens with zero attached hydrogens (tertiary/aromatic N) is 4. The molecule has 0 N–H and O–H groups in total. The third-order valence-corrected chi connectivity index (χ3v) is 6.05. The Kier molecular flexibility index (Phi) is 7.23. The van der Waals surface area contributed by atoms with Crippen molar-refractivity contribution in [3.05, 3.63) is 108 Å². The zero-order valence-electron chi connectivity index (χ0n) is 19.7. The first-order chi connectivity index (χ1) is 17.0. The zero-order valence-corrected chi connectivity index (χ0v) is 22.1. The Hall–Kier alpha value is -3.56. The Morgan fingerprint density at radius 2 is 1.89 bits per heavy atom. The van der Waals surface area contributed by atoms with Crippen LogP contribution in [0.4, 0.5) is 5.69 Å². The minimum absolute atomic E-state index is 0.0445. The minimum Gasteiger partial charge on any atom is -0.481 e. The number of halogens is 2. The van der Waals surface area contributed by atoms with Gasteiger partial charge in [0.05, 0.1) is 22.0 Å². The predicted octanol–water partition coefficient (Wildman–Crippen LogP) is 6.48. The second-order valence-corrected chi connectivity index (χ2v) is 10.4. The number of hydrogen-bond donors (Lipinski definition) is 0. The van der Waals surface area contributed by atoms with Crippen LogP contribution in [0.1, 0.15) is 37.7 Å². The van der Waals surface area contributed by atoms with Crippen LogP contribution in [-0.2, 0) is 12.0 Å². The topological polar surface area (TPSA) is 99.6 Å². The molecule has 0 amide bonds. The molecule has 0 fully saturated rings. The third-order valence-electron chi connectivity index (χ3n) is 5.31. The fraction of sp³-hybridized carbons (Fsp3) is 0.192. The van der Waals surface area contributed by atoms with Gasteiger partial charge in [-0.25, -0.2) is 4.98 Å². The van der Waals surface area contributed by atoms with E-state index >= 15 is 0 Å². The molecule has 0 bridgehead atoms. The van der Waals surface area contributed by atoms with Gasteiger partial charge in [-0.05, 0) is 42.0 Å². The molecule has 8 nitrogen and oxygen atoms in total. The fourth-order valence-electron chi connectivity index (χ4n) is 3.54. The largest absolute Gasteiger partial charge is 0.481 e. The van der Waals surface area contributed by atoms with Gasteiger partial charge < -0.3 is 4.74 Å². The van der Waals surface area contributed by atoms with E-state index in [1.807, 2.05) is 26.8 Å². The van der Waals surface area contributed by atoms with E-state index in [9.17, 15) is 14.9 Å². The third kappa shape index (κ3) is 5.47. The lowest BCUT2D eigenvalue weighted by molar-refractivity contribution is -0.385. The number of para-hydroxylation sites is 1. The van der Waals surface area contributed by atoms with Crippen LogP contribution in [-0.4, -0.2) is 20.8 Å². The second kappa shape index (κ2) is 10.2. The van der Waals surface area contributed by atoms with Gasteiger partial charge in [-0.2, -0.15) is 9.78 Å². The molecule has 0 saturated heterocycles. The van der Waals surface area contributed by atoms with E-state index in [1.165, 1.54) is 23.0 Å². The van der Waals surface area contributed by atoms with E-state index in [2.05, 4.69) is 21.0 Å². The maximum Gasteiger partial charge on any atom is 0.311 e. The van der Waals surface area contributed by atoms with Crippen LogP contribution in [0, 0.1) is 10.1 Å². The van der Waals surface area contributed by atoms with Crippen molar-refractivity contribution in [2.24, 2.45) is 5.10 Å². The van der Waals surface area contributed by atoms with Crippen LogP contribution in [0.3, 0.4) is 0 Å². The van der Waals surface area contributed by atoms with Gasteiger partial charge in [0.1, 0.15) is 12.4 Å². The molecule has 0 aliphatic rings. The first kappa shape index (κ1) is 25.5. The first-order valence-electron chi connectivity index (χ1n) is 11.0. The highest BCUT2D eigenvalue weighted by Crippen LogP contribution is 2.31. The van der Waals surface area contributed by atoms with Gasteiger partial charge in [-0.1, -0.05) is 66.5 Å². The van der Waals surface area contributed by atoms with E-state index in [4.69, 9.17) is 21.3 Å².